The van der Waals surface area contributed by atoms with Crippen molar-refractivity contribution in [3.05, 3.63) is 60.7 Å². The van der Waals surface area contributed by atoms with E-state index >= 15 is 0 Å². The molecule has 0 unspecified atom stereocenters. The first kappa shape index (κ1) is 22.4. The van der Waals surface area contributed by atoms with Crippen LogP contribution in [0, 0.1) is 5.92 Å². The number of ether oxygens (including phenoxy) is 1. The lowest BCUT2D eigenvalue weighted by Crippen LogP contribution is -2.30. The Hall–Kier alpha value is -3.33. The van der Waals surface area contributed by atoms with Crippen LogP contribution in [0.5, 0.6) is 5.75 Å². The van der Waals surface area contributed by atoms with Gasteiger partial charge in [-0.15, -0.1) is 13.2 Å². The number of aliphatic hydroxyl groups is 1. The first-order valence-electron chi connectivity index (χ1n) is 9.68. The van der Waals surface area contributed by atoms with Crippen molar-refractivity contribution in [2.75, 3.05) is 17.2 Å². The lowest BCUT2D eigenvalue weighted by Gasteiger charge is -2.21. The number of rotatable bonds is 8. The number of aliphatic hydroxyl groups excluding tert-OH is 1. The average Bonchev–Trinajstić information content (AvgIpc) is 2.71. The molecule has 31 heavy (non-hydrogen) atoms. The molecule has 0 amide bonds. The van der Waals surface area contributed by atoms with Gasteiger partial charge in [-0.1, -0.05) is 50.2 Å². The molecule has 3 aromatic rings. The van der Waals surface area contributed by atoms with Crippen LogP contribution in [0.25, 0.3) is 11.3 Å². The van der Waals surface area contributed by atoms with Gasteiger partial charge in [-0.25, -0.2) is 4.98 Å². The first-order valence-corrected chi connectivity index (χ1v) is 9.68. The number of hydrogen-bond donors (Lipinski definition) is 3. The summed E-state index contributed by atoms with van der Waals surface area (Å²) in [5.74, 6) is 0.454. The van der Waals surface area contributed by atoms with E-state index in [2.05, 4.69) is 25.3 Å². The van der Waals surface area contributed by atoms with E-state index in [9.17, 15) is 18.3 Å². The summed E-state index contributed by atoms with van der Waals surface area (Å²) in [6, 6.07) is 16.3. The number of benzene rings is 2. The molecule has 6 nitrogen and oxygen atoms in total. The fourth-order valence-electron chi connectivity index (χ4n) is 2.84. The Bertz CT molecular complexity index is 998. The minimum Gasteiger partial charge on any atom is -0.406 e. The molecule has 1 atom stereocenters. The van der Waals surface area contributed by atoms with Gasteiger partial charge >= 0.3 is 6.36 Å². The van der Waals surface area contributed by atoms with Crippen LogP contribution in [0.4, 0.5) is 30.6 Å². The van der Waals surface area contributed by atoms with Crippen LogP contribution in [-0.4, -0.2) is 34.1 Å². The number of alkyl halides is 3. The smallest absolute Gasteiger partial charge is 0.406 e. The number of nitrogens with one attached hydrogen (secondary N) is 2. The first-order chi connectivity index (χ1) is 14.7. The molecule has 2 aromatic carbocycles. The average molecular weight is 432 g/mol. The monoisotopic (exact) mass is 432 g/mol. The zero-order valence-corrected chi connectivity index (χ0v) is 17.0. The van der Waals surface area contributed by atoms with Crippen molar-refractivity contribution in [3.63, 3.8) is 0 Å². The molecule has 0 bridgehead atoms. The molecule has 0 spiro atoms. The summed E-state index contributed by atoms with van der Waals surface area (Å²) in [7, 11) is 0. The van der Waals surface area contributed by atoms with E-state index in [1.54, 1.807) is 12.1 Å². The summed E-state index contributed by atoms with van der Waals surface area (Å²) in [5.41, 5.74) is 1.83. The Kier molecular flexibility index (Phi) is 6.96. The zero-order chi connectivity index (χ0) is 22.4. The van der Waals surface area contributed by atoms with Crippen LogP contribution >= 0.6 is 0 Å². The minimum atomic E-state index is -4.78. The van der Waals surface area contributed by atoms with Crippen LogP contribution in [0.15, 0.2) is 60.7 Å². The predicted octanol–water partition coefficient (Wildman–Crippen LogP) is 5.21. The molecular weight excluding hydrogens is 409 g/mol. The molecule has 9 heteroatoms. The van der Waals surface area contributed by atoms with Gasteiger partial charge in [-0.2, -0.15) is 4.98 Å². The van der Waals surface area contributed by atoms with E-state index in [-0.39, 0.29) is 24.3 Å². The molecule has 0 aliphatic carbocycles. The highest BCUT2D eigenvalue weighted by Gasteiger charge is 2.31. The Morgan fingerprint density at radius 1 is 1.00 bits per heavy atom. The van der Waals surface area contributed by atoms with Gasteiger partial charge in [0, 0.05) is 23.4 Å². The molecule has 0 fully saturated rings. The van der Waals surface area contributed by atoms with Crippen LogP contribution in [0.1, 0.15) is 13.8 Å². The number of nitrogens with zero attached hydrogens (tertiary/aromatic N) is 2. The van der Waals surface area contributed by atoms with Crippen molar-refractivity contribution < 1.29 is 23.0 Å². The van der Waals surface area contributed by atoms with Crippen molar-refractivity contribution in [2.24, 2.45) is 5.92 Å². The SMILES string of the molecule is CC(C)[C@H](CO)Nc1nc(Nc2cccc(OC(F)(F)F)c2)cc(-c2ccccc2)n1. The second kappa shape index (κ2) is 9.65. The largest absolute Gasteiger partial charge is 0.573 e. The summed E-state index contributed by atoms with van der Waals surface area (Å²) >= 11 is 0. The Balaban J connectivity index is 1.93. The van der Waals surface area contributed by atoms with Gasteiger partial charge in [0.2, 0.25) is 5.95 Å². The molecule has 1 heterocycles. The third-order valence-corrected chi connectivity index (χ3v) is 4.45. The van der Waals surface area contributed by atoms with Gasteiger partial charge < -0.3 is 20.5 Å². The van der Waals surface area contributed by atoms with Crippen molar-refractivity contribution in [1.82, 2.24) is 9.97 Å². The van der Waals surface area contributed by atoms with Crippen molar-refractivity contribution >= 4 is 17.5 Å². The number of anilines is 3. The highest BCUT2D eigenvalue weighted by atomic mass is 19.4. The Morgan fingerprint density at radius 2 is 1.74 bits per heavy atom. The summed E-state index contributed by atoms with van der Waals surface area (Å²) in [4.78, 5) is 8.96. The van der Waals surface area contributed by atoms with Gasteiger partial charge in [0.15, 0.2) is 0 Å². The quantitative estimate of drug-likeness (QED) is 0.453. The molecular formula is C22H23F3N4O2. The van der Waals surface area contributed by atoms with Gasteiger partial charge in [0.1, 0.15) is 11.6 Å². The molecule has 0 radical (unpaired) electrons. The van der Waals surface area contributed by atoms with Crippen LogP contribution in [-0.2, 0) is 0 Å². The normalized spacial score (nSPS) is 12.5. The fourth-order valence-corrected chi connectivity index (χ4v) is 2.84. The third-order valence-electron chi connectivity index (χ3n) is 4.45. The van der Waals surface area contributed by atoms with Gasteiger partial charge in [0.25, 0.3) is 0 Å². The molecule has 1 aromatic heterocycles. The summed E-state index contributed by atoms with van der Waals surface area (Å²) in [6.45, 7) is 3.82. The minimum absolute atomic E-state index is 0.101. The molecule has 0 aliphatic heterocycles. The van der Waals surface area contributed by atoms with Crippen LogP contribution < -0.4 is 15.4 Å². The van der Waals surface area contributed by atoms with Crippen LogP contribution in [0.3, 0.4) is 0 Å². The van der Waals surface area contributed by atoms with Crippen molar-refractivity contribution in [1.29, 1.82) is 0 Å². The summed E-state index contributed by atoms with van der Waals surface area (Å²) in [5, 5.41) is 15.8. The van der Waals surface area contributed by atoms with Gasteiger partial charge in [0.05, 0.1) is 18.3 Å². The highest BCUT2D eigenvalue weighted by molar-refractivity contribution is 5.67. The van der Waals surface area contributed by atoms with Gasteiger partial charge in [-0.05, 0) is 18.1 Å². The van der Waals surface area contributed by atoms with Crippen LogP contribution in [0.2, 0.25) is 0 Å². The summed E-state index contributed by atoms with van der Waals surface area (Å²) in [6.07, 6.45) is -4.78. The molecule has 3 N–H and O–H groups in total. The Morgan fingerprint density at radius 3 is 2.39 bits per heavy atom. The van der Waals surface area contributed by atoms with E-state index in [4.69, 9.17) is 0 Å². The molecule has 0 aliphatic rings. The number of hydrogen-bond acceptors (Lipinski definition) is 6. The number of halogens is 3. The maximum absolute atomic E-state index is 12.5. The van der Waals surface area contributed by atoms with E-state index in [0.717, 1.165) is 5.56 Å². The summed E-state index contributed by atoms with van der Waals surface area (Å²) < 4.78 is 41.5. The van der Waals surface area contributed by atoms with E-state index < -0.39 is 6.36 Å². The topological polar surface area (TPSA) is 79.3 Å². The second-order valence-electron chi connectivity index (χ2n) is 7.21. The lowest BCUT2D eigenvalue weighted by molar-refractivity contribution is -0.274. The third kappa shape index (κ3) is 6.58. The zero-order valence-electron chi connectivity index (χ0n) is 17.0. The molecule has 0 saturated heterocycles. The molecule has 3 rings (SSSR count). The predicted molar refractivity (Wildman–Crippen MR) is 113 cm³/mol. The van der Waals surface area contributed by atoms with E-state index in [1.807, 2.05) is 44.2 Å². The lowest BCUT2D eigenvalue weighted by atomic mass is 10.1. The van der Waals surface area contributed by atoms with Crippen molar-refractivity contribution in [2.45, 2.75) is 26.3 Å². The van der Waals surface area contributed by atoms with Crippen molar-refractivity contribution in [3.8, 4) is 17.0 Å². The maximum atomic E-state index is 12.5. The van der Waals surface area contributed by atoms with E-state index in [0.29, 0.717) is 23.1 Å². The van der Waals surface area contributed by atoms with Gasteiger partial charge in [-0.3, -0.25) is 0 Å². The molecule has 164 valence electrons. The Labute approximate surface area is 178 Å². The fraction of sp³-hybridized carbons (Fsp3) is 0.273. The maximum Gasteiger partial charge on any atom is 0.573 e. The standard InChI is InChI=1S/C22H23F3N4O2/c1-14(2)19(13-30)28-21-27-18(15-7-4-3-5-8-15)12-20(29-21)26-16-9-6-10-17(11-16)31-22(23,24)25/h3-12,14,19,30H,13H2,1-2H3,(H2,26,27,28,29)/t19-/m0/s1. The highest BCUT2D eigenvalue weighted by Crippen LogP contribution is 2.28. The van der Waals surface area contributed by atoms with E-state index in [1.165, 1.54) is 18.2 Å². The number of aromatic nitrogens is 2. The molecule has 0 saturated carbocycles. The second-order valence-corrected chi connectivity index (χ2v) is 7.21.